The molecule has 0 heterocycles. The van der Waals surface area contributed by atoms with Crippen molar-refractivity contribution in [2.75, 3.05) is 0 Å². The first kappa shape index (κ1) is 8.25. The van der Waals surface area contributed by atoms with Crippen molar-refractivity contribution >= 4 is 18.4 Å². The summed E-state index contributed by atoms with van der Waals surface area (Å²) in [6.07, 6.45) is 0.547. The SMILES string of the molecule is Cl.N#CC1CC1C(=O)O. The van der Waals surface area contributed by atoms with E-state index in [4.69, 9.17) is 10.4 Å². The number of carboxylic acid groups (broad SMARTS) is 1. The van der Waals surface area contributed by atoms with Gasteiger partial charge in [-0.15, -0.1) is 12.4 Å². The molecule has 0 aromatic rings. The Balaban J connectivity index is 0.000000640. The zero-order chi connectivity index (χ0) is 6.15. The van der Waals surface area contributed by atoms with Crippen LogP contribution in [-0.2, 0) is 4.79 Å². The van der Waals surface area contributed by atoms with E-state index in [-0.39, 0.29) is 24.2 Å². The van der Waals surface area contributed by atoms with E-state index in [0.717, 1.165) is 0 Å². The molecule has 2 atom stereocenters. The number of hydrogen-bond donors (Lipinski definition) is 1. The quantitative estimate of drug-likeness (QED) is 0.593. The first-order valence-electron chi connectivity index (χ1n) is 2.38. The fourth-order valence-corrected chi connectivity index (χ4v) is 0.611. The molecule has 1 rings (SSSR count). The van der Waals surface area contributed by atoms with E-state index in [9.17, 15) is 4.79 Å². The lowest BCUT2D eigenvalue weighted by Crippen LogP contribution is -1.97. The molecule has 2 unspecified atom stereocenters. The van der Waals surface area contributed by atoms with Gasteiger partial charge >= 0.3 is 5.97 Å². The van der Waals surface area contributed by atoms with Gasteiger partial charge in [0.05, 0.1) is 17.9 Å². The molecule has 0 saturated heterocycles. The molecule has 0 aromatic carbocycles. The normalized spacial score (nSPS) is 29.7. The van der Waals surface area contributed by atoms with Crippen LogP contribution < -0.4 is 0 Å². The molecule has 3 nitrogen and oxygen atoms in total. The highest BCUT2D eigenvalue weighted by Crippen LogP contribution is 2.37. The minimum atomic E-state index is -0.837. The largest absolute Gasteiger partial charge is 0.481 e. The van der Waals surface area contributed by atoms with Gasteiger partial charge in [0.15, 0.2) is 0 Å². The van der Waals surface area contributed by atoms with Gasteiger partial charge in [-0.25, -0.2) is 0 Å². The molecule has 0 radical (unpaired) electrons. The van der Waals surface area contributed by atoms with E-state index in [1.54, 1.807) is 0 Å². The lowest BCUT2D eigenvalue weighted by molar-refractivity contribution is -0.138. The zero-order valence-electron chi connectivity index (χ0n) is 4.57. The zero-order valence-corrected chi connectivity index (χ0v) is 5.39. The number of carboxylic acids is 1. The summed E-state index contributed by atoms with van der Waals surface area (Å²) in [5, 5.41) is 16.3. The van der Waals surface area contributed by atoms with Crippen LogP contribution in [0.15, 0.2) is 0 Å². The van der Waals surface area contributed by atoms with Gasteiger partial charge in [-0.3, -0.25) is 4.79 Å². The van der Waals surface area contributed by atoms with E-state index in [1.807, 2.05) is 6.07 Å². The van der Waals surface area contributed by atoms with E-state index in [1.165, 1.54) is 0 Å². The highest BCUT2D eigenvalue weighted by atomic mass is 35.5. The third-order valence-corrected chi connectivity index (χ3v) is 1.27. The first-order chi connectivity index (χ1) is 3.75. The summed E-state index contributed by atoms with van der Waals surface area (Å²) in [5.74, 6) is -1.40. The number of nitriles is 1. The van der Waals surface area contributed by atoms with E-state index < -0.39 is 5.97 Å². The minimum Gasteiger partial charge on any atom is -0.481 e. The second-order valence-corrected chi connectivity index (χ2v) is 1.92. The van der Waals surface area contributed by atoms with Crippen LogP contribution in [0.25, 0.3) is 0 Å². The molecular formula is C5H6ClNO2. The van der Waals surface area contributed by atoms with Crippen molar-refractivity contribution in [1.29, 1.82) is 5.26 Å². The summed E-state index contributed by atoms with van der Waals surface area (Å²) < 4.78 is 0. The van der Waals surface area contributed by atoms with Crippen molar-refractivity contribution in [2.24, 2.45) is 11.8 Å². The van der Waals surface area contributed by atoms with Crippen molar-refractivity contribution in [2.45, 2.75) is 6.42 Å². The molecule has 1 aliphatic rings. The topological polar surface area (TPSA) is 61.1 Å². The summed E-state index contributed by atoms with van der Waals surface area (Å²) in [7, 11) is 0. The van der Waals surface area contributed by atoms with E-state index in [0.29, 0.717) is 6.42 Å². The van der Waals surface area contributed by atoms with E-state index >= 15 is 0 Å². The maximum absolute atomic E-state index is 9.98. The van der Waals surface area contributed by atoms with E-state index in [2.05, 4.69) is 0 Å². The number of rotatable bonds is 1. The lowest BCUT2D eigenvalue weighted by Gasteiger charge is -1.78. The highest BCUT2D eigenvalue weighted by Gasteiger charge is 2.43. The molecule has 9 heavy (non-hydrogen) atoms. The van der Waals surface area contributed by atoms with Crippen molar-refractivity contribution in [3.8, 4) is 6.07 Å². The monoisotopic (exact) mass is 147 g/mol. The summed E-state index contributed by atoms with van der Waals surface area (Å²) >= 11 is 0. The number of nitrogens with zero attached hydrogens (tertiary/aromatic N) is 1. The predicted octanol–water partition coefficient (Wildman–Crippen LogP) is 0.652. The first-order valence-corrected chi connectivity index (χ1v) is 2.38. The Morgan fingerprint density at radius 3 is 2.44 bits per heavy atom. The van der Waals surface area contributed by atoms with Crippen LogP contribution in [-0.4, -0.2) is 11.1 Å². The van der Waals surface area contributed by atoms with Crippen LogP contribution in [0.1, 0.15) is 6.42 Å². The standard InChI is InChI=1S/C5H5NO2.ClH/c6-2-3-1-4(3)5(7)8;/h3-4H,1H2,(H,7,8);1H. The molecule has 1 saturated carbocycles. The Morgan fingerprint density at radius 1 is 1.78 bits per heavy atom. The summed E-state index contributed by atoms with van der Waals surface area (Å²) in [6, 6.07) is 1.89. The van der Waals surface area contributed by atoms with Crippen LogP contribution >= 0.6 is 12.4 Å². The van der Waals surface area contributed by atoms with Crippen LogP contribution in [0.3, 0.4) is 0 Å². The Bertz CT molecular complexity index is 163. The average Bonchev–Trinajstić information content (AvgIpc) is 2.42. The van der Waals surface area contributed by atoms with Crippen molar-refractivity contribution in [3.63, 3.8) is 0 Å². The Hall–Kier alpha value is -0.750. The molecule has 0 aliphatic heterocycles. The van der Waals surface area contributed by atoms with Crippen LogP contribution in [0.2, 0.25) is 0 Å². The van der Waals surface area contributed by atoms with Gasteiger partial charge < -0.3 is 5.11 Å². The number of halogens is 1. The molecule has 0 aromatic heterocycles. The van der Waals surface area contributed by atoms with Gasteiger partial charge in [-0.05, 0) is 6.42 Å². The molecule has 50 valence electrons. The Morgan fingerprint density at radius 2 is 2.33 bits per heavy atom. The third-order valence-electron chi connectivity index (χ3n) is 1.27. The highest BCUT2D eigenvalue weighted by molar-refractivity contribution is 5.85. The van der Waals surface area contributed by atoms with Crippen molar-refractivity contribution in [3.05, 3.63) is 0 Å². The van der Waals surface area contributed by atoms with Gasteiger partial charge in [0, 0.05) is 0 Å². The van der Waals surface area contributed by atoms with Gasteiger partial charge in [0.25, 0.3) is 0 Å². The third kappa shape index (κ3) is 1.58. The molecule has 0 spiro atoms. The molecular weight excluding hydrogens is 142 g/mol. The summed E-state index contributed by atoms with van der Waals surface area (Å²) in [4.78, 5) is 9.98. The molecule has 0 bridgehead atoms. The van der Waals surface area contributed by atoms with Crippen LogP contribution in [0, 0.1) is 23.2 Å². The Labute approximate surface area is 58.7 Å². The Kier molecular flexibility index (Phi) is 2.47. The fraction of sp³-hybridized carbons (Fsp3) is 0.600. The van der Waals surface area contributed by atoms with Crippen molar-refractivity contribution < 1.29 is 9.90 Å². The molecule has 1 fully saturated rings. The number of aliphatic carboxylic acids is 1. The van der Waals surface area contributed by atoms with Crippen LogP contribution in [0.5, 0.6) is 0 Å². The number of carbonyl (C=O) groups is 1. The fourth-order valence-electron chi connectivity index (χ4n) is 0.611. The second-order valence-electron chi connectivity index (χ2n) is 1.92. The smallest absolute Gasteiger partial charge is 0.307 e. The van der Waals surface area contributed by atoms with Crippen molar-refractivity contribution in [1.82, 2.24) is 0 Å². The van der Waals surface area contributed by atoms with Gasteiger partial charge in [-0.1, -0.05) is 0 Å². The molecule has 0 amide bonds. The number of hydrogen-bond acceptors (Lipinski definition) is 2. The summed E-state index contributed by atoms with van der Waals surface area (Å²) in [5.41, 5.74) is 0. The van der Waals surface area contributed by atoms with Crippen LogP contribution in [0.4, 0.5) is 0 Å². The van der Waals surface area contributed by atoms with Gasteiger partial charge in [0.1, 0.15) is 0 Å². The average molecular weight is 148 g/mol. The van der Waals surface area contributed by atoms with Gasteiger partial charge in [-0.2, -0.15) is 5.26 Å². The van der Waals surface area contributed by atoms with Gasteiger partial charge in [0.2, 0.25) is 0 Å². The summed E-state index contributed by atoms with van der Waals surface area (Å²) in [6.45, 7) is 0. The predicted molar refractivity (Wildman–Crippen MR) is 32.1 cm³/mol. The maximum Gasteiger partial charge on any atom is 0.307 e. The molecule has 1 aliphatic carbocycles. The molecule has 1 N–H and O–H groups in total. The minimum absolute atomic E-state index is 0. The molecule has 4 heteroatoms. The maximum atomic E-state index is 9.98. The second kappa shape index (κ2) is 2.70. The lowest BCUT2D eigenvalue weighted by atomic mass is 10.3.